The molecule has 5 amide bonds. The number of hydrogen-bond donors (Lipinski definition) is 3. The summed E-state index contributed by atoms with van der Waals surface area (Å²) in [6.07, 6.45) is 3.50. The monoisotopic (exact) mass is 1360 g/mol. The number of hydrogen-bond acceptors (Lipinski definition) is 18. The summed E-state index contributed by atoms with van der Waals surface area (Å²) in [6, 6.07) is 29.0. The lowest BCUT2D eigenvalue weighted by molar-refractivity contribution is -0.149. The zero-order valence-electron chi connectivity index (χ0n) is 52.3. The first-order chi connectivity index (χ1) is 44.3. The lowest BCUT2D eigenvalue weighted by Gasteiger charge is -2.39. The minimum absolute atomic E-state index is 0.0366. The van der Waals surface area contributed by atoms with Gasteiger partial charge in [0.25, 0.3) is 43.5 Å². The average Bonchev–Trinajstić information content (AvgIpc) is 1.71. The Bertz CT molecular complexity index is 3770. The van der Waals surface area contributed by atoms with Gasteiger partial charge in [-0.05, 0) is 141 Å². The van der Waals surface area contributed by atoms with Crippen molar-refractivity contribution in [3.63, 3.8) is 0 Å². The van der Waals surface area contributed by atoms with Gasteiger partial charge in [-0.2, -0.15) is 13.2 Å². The standard InChI is InChI=1S/C66H78ClF3N8O12S3/c1-65(2)27-25-53(45-13-17-48(67)18-14-45)47(42-65)43-76-30-32-77(33-31-76)50-19-15-46(16-20-50)61(80)73-93(86,87)52-21-22-55(58(41-52)92(84,85)66(68,69)70)72-49(44-91-51-9-6-5-7-10-51)26-29-74(3)34-36-89-38-40-90-39-37-88-35-28-71-56-12-8-11-54-60(56)64(83)78(62(54)81)57-23-24-59(79)75(4)63(57)82/h5-22,41,49,57,71-72H,23-40,42-44H2,1-4H3,(H,73,80)/t49-,57-/m1/s1. The van der Waals surface area contributed by atoms with Crippen molar-refractivity contribution < 1.29 is 68.2 Å². The van der Waals surface area contributed by atoms with Crippen LogP contribution in [0.2, 0.25) is 5.02 Å². The van der Waals surface area contributed by atoms with E-state index in [0.29, 0.717) is 62.5 Å². The molecule has 3 N–H and O–H groups in total. The summed E-state index contributed by atoms with van der Waals surface area (Å²) in [4.78, 5) is 72.2. The second kappa shape index (κ2) is 31.1. The van der Waals surface area contributed by atoms with Gasteiger partial charge >= 0.3 is 5.51 Å². The number of sulfone groups is 1. The van der Waals surface area contributed by atoms with Gasteiger partial charge in [0.1, 0.15) is 10.9 Å². The maximum Gasteiger partial charge on any atom is 0.501 e. The number of piperidine rings is 1. The molecule has 1 aliphatic carbocycles. The van der Waals surface area contributed by atoms with Crippen molar-refractivity contribution in [1.82, 2.24) is 24.3 Å². The summed E-state index contributed by atoms with van der Waals surface area (Å²) < 4.78 is 117. The second-order valence-electron chi connectivity index (χ2n) is 24.2. The first kappa shape index (κ1) is 70.4. The highest BCUT2D eigenvalue weighted by Crippen LogP contribution is 2.43. The molecule has 500 valence electrons. The number of amides is 5. The van der Waals surface area contributed by atoms with E-state index in [2.05, 4.69) is 46.4 Å². The van der Waals surface area contributed by atoms with E-state index in [4.69, 9.17) is 25.8 Å². The highest BCUT2D eigenvalue weighted by molar-refractivity contribution is 7.99. The molecule has 20 nitrogen and oxygen atoms in total. The number of imide groups is 2. The van der Waals surface area contributed by atoms with Crippen LogP contribution in [0.1, 0.15) is 89.0 Å². The Labute approximate surface area is 550 Å². The number of allylic oxidation sites excluding steroid dienone is 1. The Morgan fingerprint density at radius 3 is 2.15 bits per heavy atom. The van der Waals surface area contributed by atoms with E-state index in [1.807, 2.05) is 59.1 Å². The third-order valence-corrected chi connectivity index (χ3v) is 21.2. The van der Waals surface area contributed by atoms with E-state index >= 15 is 0 Å². The number of likely N-dealkylation sites (N-methyl/N-ethyl adjacent to an activating group) is 2. The third kappa shape index (κ3) is 17.9. The number of likely N-dealkylation sites (tertiary alicyclic amines) is 1. The number of nitrogens with zero attached hydrogens (tertiary/aromatic N) is 5. The third-order valence-electron chi connectivity index (χ3n) is 16.9. The maximum atomic E-state index is 14.5. The molecule has 2 fully saturated rings. The van der Waals surface area contributed by atoms with Gasteiger partial charge in [-0.15, -0.1) is 11.8 Å². The number of carbonyl (C=O) groups is 5. The van der Waals surface area contributed by atoms with Crippen LogP contribution in [0, 0.1) is 5.41 Å². The first-order valence-corrected chi connectivity index (χ1v) is 35.1. The number of ether oxygens (including phenoxy) is 3. The van der Waals surface area contributed by atoms with Crippen LogP contribution in [0.4, 0.5) is 30.2 Å². The zero-order chi connectivity index (χ0) is 66.7. The fourth-order valence-electron chi connectivity index (χ4n) is 11.7. The number of alkyl halides is 3. The quantitative estimate of drug-likeness (QED) is 0.0221. The molecule has 0 radical (unpaired) electrons. The molecule has 5 aromatic carbocycles. The molecule has 27 heteroatoms. The molecule has 0 unspecified atom stereocenters. The molecule has 3 heterocycles. The Morgan fingerprint density at radius 2 is 1.46 bits per heavy atom. The van der Waals surface area contributed by atoms with E-state index < -0.39 is 76.6 Å². The smallest absolute Gasteiger partial charge is 0.382 e. The van der Waals surface area contributed by atoms with Gasteiger partial charge in [0.2, 0.25) is 5.91 Å². The average molecular weight is 1360 g/mol. The highest BCUT2D eigenvalue weighted by atomic mass is 35.5. The first-order valence-electron chi connectivity index (χ1n) is 30.8. The number of halogens is 4. The molecule has 4 aliphatic rings. The van der Waals surface area contributed by atoms with Gasteiger partial charge < -0.3 is 34.6 Å². The number of piperazine rings is 1. The van der Waals surface area contributed by atoms with Crippen molar-refractivity contribution >= 4 is 95.4 Å². The van der Waals surface area contributed by atoms with Gasteiger partial charge in [-0.1, -0.05) is 67.4 Å². The summed E-state index contributed by atoms with van der Waals surface area (Å²) in [7, 11) is -7.92. The van der Waals surface area contributed by atoms with Crippen LogP contribution in [-0.4, -0.2) is 195 Å². The number of sulfonamides is 1. The number of anilines is 3. The van der Waals surface area contributed by atoms with Gasteiger partial charge in [-0.3, -0.25) is 38.7 Å². The van der Waals surface area contributed by atoms with Crippen LogP contribution in [0.3, 0.4) is 0 Å². The van der Waals surface area contributed by atoms with Gasteiger partial charge in [-0.25, -0.2) is 21.6 Å². The highest BCUT2D eigenvalue weighted by Gasteiger charge is 2.49. The predicted molar refractivity (Wildman–Crippen MR) is 351 cm³/mol. The number of nitrogens with one attached hydrogen (secondary N) is 3. The Morgan fingerprint density at radius 1 is 0.785 bits per heavy atom. The summed E-state index contributed by atoms with van der Waals surface area (Å²) in [6.45, 7) is 11.2. The fourth-order valence-corrected chi connectivity index (χ4v) is 14.8. The molecule has 93 heavy (non-hydrogen) atoms. The van der Waals surface area contributed by atoms with Crippen LogP contribution < -0.4 is 20.3 Å². The molecular formula is C66H78ClF3N8O12S3. The van der Waals surface area contributed by atoms with Crippen molar-refractivity contribution in [3.8, 4) is 0 Å². The molecule has 3 aliphatic heterocycles. The maximum absolute atomic E-state index is 14.5. The summed E-state index contributed by atoms with van der Waals surface area (Å²) in [5, 5.41) is 6.81. The number of benzene rings is 5. The molecule has 9 rings (SSSR count). The number of rotatable bonds is 30. The van der Waals surface area contributed by atoms with Crippen molar-refractivity contribution in [1.29, 1.82) is 0 Å². The largest absolute Gasteiger partial charge is 0.501 e. The second-order valence-corrected chi connectivity index (χ2v) is 29.3. The molecule has 0 aromatic heterocycles. The zero-order valence-corrected chi connectivity index (χ0v) is 55.6. The lowest BCUT2D eigenvalue weighted by atomic mass is 9.73. The normalized spacial score (nSPS) is 17.7. The van der Waals surface area contributed by atoms with Gasteiger partial charge in [0, 0.05) is 97.9 Å². The van der Waals surface area contributed by atoms with Crippen molar-refractivity contribution in [2.45, 2.75) is 84.7 Å². The minimum atomic E-state index is -6.15. The van der Waals surface area contributed by atoms with Crippen molar-refractivity contribution in [2.75, 3.05) is 127 Å². The van der Waals surface area contributed by atoms with Crippen LogP contribution in [-0.2, 0) is 43.7 Å². The Balaban J connectivity index is 0.727. The summed E-state index contributed by atoms with van der Waals surface area (Å²) in [5.74, 6) is -2.96. The molecule has 2 saturated heterocycles. The van der Waals surface area contributed by atoms with Crippen molar-refractivity contribution in [3.05, 3.63) is 148 Å². The van der Waals surface area contributed by atoms with Gasteiger partial charge in [0.05, 0.1) is 61.4 Å². The van der Waals surface area contributed by atoms with Crippen LogP contribution in [0.5, 0.6) is 0 Å². The number of thioether (sulfide) groups is 1. The molecule has 0 bridgehead atoms. The van der Waals surface area contributed by atoms with Crippen LogP contribution in [0.25, 0.3) is 5.57 Å². The summed E-state index contributed by atoms with van der Waals surface area (Å²) >= 11 is 7.60. The van der Waals surface area contributed by atoms with E-state index in [1.54, 1.807) is 24.3 Å². The fraction of sp³-hybridized carbons (Fsp3) is 0.439. The van der Waals surface area contributed by atoms with E-state index in [0.717, 1.165) is 71.4 Å². The van der Waals surface area contributed by atoms with E-state index in [-0.39, 0.29) is 79.6 Å². The van der Waals surface area contributed by atoms with E-state index in [1.165, 1.54) is 53.7 Å². The minimum Gasteiger partial charge on any atom is -0.382 e. The predicted octanol–water partition coefficient (Wildman–Crippen LogP) is 9.34. The lowest BCUT2D eigenvalue weighted by Crippen LogP contribution is -2.54. The molecule has 2 atom stereocenters. The van der Waals surface area contributed by atoms with Gasteiger partial charge in [0.15, 0.2) is 0 Å². The number of carbonyl (C=O) groups excluding carboxylic acids is 5. The van der Waals surface area contributed by atoms with Crippen LogP contribution >= 0.6 is 23.4 Å². The van der Waals surface area contributed by atoms with E-state index in [9.17, 15) is 54.0 Å². The molecule has 0 spiro atoms. The van der Waals surface area contributed by atoms with Crippen molar-refractivity contribution in [2.24, 2.45) is 5.41 Å². The number of fused-ring (bicyclic) bond motifs is 1. The topological polar surface area (TPSA) is 234 Å². The van der Waals surface area contributed by atoms with Crippen LogP contribution in [0.15, 0.2) is 136 Å². The SMILES string of the molecule is CN(CCOCCOCCOCCNc1cccc2c1C(=O)N([C@@H]1CCC(=O)N(C)C1=O)C2=O)CC[C@H](CSc1ccccc1)Nc1ccc(S(=O)(=O)NC(=O)c2ccc(N3CCN(CC4=C(c5ccc(Cl)cc5)CCC(C)(C)C4)CC3)cc2)cc1S(=O)(=O)C(F)(F)F. The Hall–Kier alpha value is -6.88. The molecular weight excluding hydrogens is 1290 g/mol. The molecule has 5 aromatic rings. The summed E-state index contributed by atoms with van der Waals surface area (Å²) in [5.41, 5.74) is -0.561. The Kier molecular flexibility index (Phi) is 23.6. The molecule has 0 saturated carbocycles.